The predicted molar refractivity (Wildman–Crippen MR) is 86.2 cm³/mol. The number of nitrogens with two attached hydrogens (primary N) is 1. The molecule has 0 radical (unpaired) electrons. The van der Waals surface area contributed by atoms with E-state index in [1.807, 2.05) is 12.1 Å². The monoisotopic (exact) mass is 330 g/mol. The molecule has 3 N–H and O–H groups in total. The lowest BCUT2D eigenvalue weighted by Gasteiger charge is -2.07. The molecule has 7 heteroatoms. The van der Waals surface area contributed by atoms with Gasteiger partial charge in [-0.05, 0) is 31.0 Å². The number of nitrogens with one attached hydrogen (secondary N) is 1. The molecule has 1 aromatic carbocycles. The summed E-state index contributed by atoms with van der Waals surface area (Å²) in [5, 5.41) is 2.79. The molecule has 0 fully saturated rings. The molecule has 0 heterocycles. The molecule has 0 aliphatic rings. The van der Waals surface area contributed by atoms with Crippen molar-refractivity contribution in [1.29, 1.82) is 0 Å². The van der Waals surface area contributed by atoms with Crippen molar-refractivity contribution in [3.05, 3.63) is 29.8 Å². The van der Waals surface area contributed by atoms with E-state index in [9.17, 15) is 9.59 Å². The van der Waals surface area contributed by atoms with Crippen LogP contribution < -0.4 is 15.8 Å². The molecule has 0 spiro atoms. The average Bonchev–Trinajstić information content (AvgIpc) is 2.47. The topological polar surface area (TPSA) is 90.6 Å². The third-order valence-electron chi connectivity index (χ3n) is 2.69. The molecule has 1 aromatic rings. The van der Waals surface area contributed by atoms with Gasteiger partial charge in [0.05, 0.1) is 6.61 Å². The summed E-state index contributed by atoms with van der Waals surface area (Å²) in [5.74, 6) is 0.190. The third-order valence-corrected chi connectivity index (χ3v) is 2.69. The first-order valence-corrected chi connectivity index (χ1v) is 6.99. The van der Waals surface area contributed by atoms with Crippen LogP contribution in [0.15, 0.2) is 24.3 Å². The van der Waals surface area contributed by atoms with Crippen LogP contribution >= 0.6 is 12.4 Å². The smallest absolute Gasteiger partial charge is 0.344 e. The van der Waals surface area contributed by atoms with Gasteiger partial charge in [0.1, 0.15) is 5.75 Å². The molecular weight excluding hydrogens is 308 g/mol. The number of carbonyl (C=O) groups excluding carboxylic acids is 2. The number of hydrogen-bond acceptors (Lipinski definition) is 5. The molecule has 0 saturated carbocycles. The Hall–Kier alpha value is -1.79. The number of halogens is 1. The summed E-state index contributed by atoms with van der Waals surface area (Å²) in [6, 6.07) is 7.37. The summed E-state index contributed by atoms with van der Waals surface area (Å²) < 4.78 is 10.1. The fraction of sp³-hybridized carbons (Fsp3) is 0.467. The molecule has 0 aromatic heterocycles. The van der Waals surface area contributed by atoms with Crippen LogP contribution in [-0.2, 0) is 20.7 Å². The second-order valence-electron chi connectivity index (χ2n) is 4.38. The number of rotatable bonds is 9. The van der Waals surface area contributed by atoms with Gasteiger partial charge in [-0.25, -0.2) is 4.79 Å². The highest BCUT2D eigenvalue weighted by Gasteiger charge is 2.03. The first kappa shape index (κ1) is 20.2. The number of carbonyl (C=O) groups is 2. The predicted octanol–water partition coefficient (Wildman–Crippen LogP) is 1.06. The van der Waals surface area contributed by atoms with Crippen LogP contribution in [0, 0.1) is 0 Å². The first-order chi connectivity index (χ1) is 10.2. The molecule has 1 amide bonds. The van der Waals surface area contributed by atoms with Gasteiger partial charge in [-0.15, -0.1) is 12.4 Å². The highest BCUT2D eigenvalue weighted by Crippen LogP contribution is 2.12. The summed E-state index contributed by atoms with van der Waals surface area (Å²) >= 11 is 0. The number of hydrogen-bond donors (Lipinski definition) is 2. The molecule has 0 unspecified atom stereocenters. The lowest BCUT2D eigenvalue weighted by molar-refractivity contribution is -0.145. The fourth-order valence-corrected chi connectivity index (χ4v) is 1.66. The van der Waals surface area contributed by atoms with Gasteiger partial charge in [-0.3, -0.25) is 4.79 Å². The summed E-state index contributed by atoms with van der Waals surface area (Å²) in [6.45, 7) is 2.93. The van der Waals surface area contributed by atoms with Crippen LogP contribution in [0.3, 0.4) is 0 Å². The van der Waals surface area contributed by atoms with E-state index in [4.69, 9.17) is 15.2 Å². The summed E-state index contributed by atoms with van der Waals surface area (Å²) in [4.78, 5) is 22.4. The Morgan fingerprint density at radius 1 is 1.23 bits per heavy atom. The van der Waals surface area contributed by atoms with E-state index < -0.39 is 0 Å². The van der Waals surface area contributed by atoms with Crippen molar-refractivity contribution < 1.29 is 19.1 Å². The zero-order chi connectivity index (χ0) is 15.5. The van der Waals surface area contributed by atoms with Gasteiger partial charge in [0.2, 0.25) is 5.91 Å². The summed E-state index contributed by atoms with van der Waals surface area (Å²) in [6.07, 6.45) is 1.08. The first-order valence-electron chi connectivity index (χ1n) is 6.99. The molecule has 0 atom stereocenters. The van der Waals surface area contributed by atoms with Crippen molar-refractivity contribution in [1.82, 2.24) is 5.32 Å². The molecule has 124 valence electrons. The maximum atomic E-state index is 11.2. The fourth-order valence-electron chi connectivity index (χ4n) is 1.66. The van der Waals surface area contributed by atoms with E-state index in [0.717, 1.165) is 12.0 Å². The second-order valence-corrected chi connectivity index (χ2v) is 4.38. The minimum Gasteiger partial charge on any atom is -0.482 e. The Bertz CT molecular complexity index is 451. The van der Waals surface area contributed by atoms with Gasteiger partial charge in [0.15, 0.2) is 6.61 Å². The van der Waals surface area contributed by atoms with E-state index in [-0.39, 0.29) is 30.9 Å². The van der Waals surface area contributed by atoms with Crippen molar-refractivity contribution in [2.24, 2.45) is 5.73 Å². The Kier molecular flexibility index (Phi) is 10.9. The van der Waals surface area contributed by atoms with Crippen molar-refractivity contribution in [2.45, 2.75) is 19.8 Å². The van der Waals surface area contributed by atoms with Crippen molar-refractivity contribution in [3.63, 3.8) is 0 Å². The van der Waals surface area contributed by atoms with Gasteiger partial charge in [0, 0.05) is 19.5 Å². The minimum absolute atomic E-state index is 0. The minimum atomic E-state index is -0.385. The normalized spacial score (nSPS) is 9.55. The van der Waals surface area contributed by atoms with E-state index in [1.165, 1.54) is 0 Å². The molecule has 6 nitrogen and oxygen atoms in total. The Morgan fingerprint density at radius 3 is 2.50 bits per heavy atom. The summed E-state index contributed by atoms with van der Waals surface area (Å²) in [5.41, 5.74) is 6.37. The van der Waals surface area contributed by atoms with Crippen molar-refractivity contribution in [3.8, 4) is 5.75 Å². The Balaban J connectivity index is 0.00000441. The molecule has 0 aliphatic heterocycles. The van der Waals surface area contributed by atoms with E-state index in [1.54, 1.807) is 19.1 Å². The average molecular weight is 331 g/mol. The van der Waals surface area contributed by atoms with Crippen LogP contribution in [0.4, 0.5) is 0 Å². The maximum absolute atomic E-state index is 11.2. The molecule has 22 heavy (non-hydrogen) atoms. The van der Waals surface area contributed by atoms with E-state index >= 15 is 0 Å². The lowest BCUT2D eigenvalue weighted by atomic mass is 10.1. The van der Waals surface area contributed by atoms with Crippen LogP contribution in [0.5, 0.6) is 5.75 Å². The quantitative estimate of drug-likeness (QED) is 0.661. The van der Waals surface area contributed by atoms with Gasteiger partial charge in [-0.1, -0.05) is 12.1 Å². The van der Waals surface area contributed by atoms with E-state index in [0.29, 0.717) is 31.9 Å². The number of amides is 1. The zero-order valence-corrected chi connectivity index (χ0v) is 13.5. The maximum Gasteiger partial charge on any atom is 0.344 e. The van der Waals surface area contributed by atoms with Gasteiger partial charge in [0.25, 0.3) is 0 Å². The van der Waals surface area contributed by atoms with Crippen LogP contribution in [0.2, 0.25) is 0 Å². The molecule has 0 bridgehead atoms. The number of esters is 1. The van der Waals surface area contributed by atoms with Crippen molar-refractivity contribution >= 4 is 24.3 Å². The van der Waals surface area contributed by atoms with Crippen LogP contribution in [0.1, 0.15) is 18.9 Å². The zero-order valence-electron chi connectivity index (χ0n) is 12.7. The highest BCUT2D eigenvalue weighted by atomic mass is 35.5. The molecular formula is C15H23ClN2O4. The standard InChI is InChI=1S/C15H22N2O4.ClH/c1-2-20-15(19)11-21-13-5-3-12(4-6-13)8-10-17-14(18)7-9-16;/h3-6H,2,7-11,16H2,1H3,(H,17,18);1H. The number of benzene rings is 1. The third kappa shape index (κ3) is 8.49. The van der Waals surface area contributed by atoms with E-state index in [2.05, 4.69) is 5.32 Å². The van der Waals surface area contributed by atoms with Crippen molar-refractivity contribution in [2.75, 3.05) is 26.3 Å². The van der Waals surface area contributed by atoms with Crippen LogP contribution in [0.25, 0.3) is 0 Å². The number of ether oxygens (including phenoxy) is 2. The molecule has 1 rings (SSSR count). The molecule has 0 saturated heterocycles. The Morgan fingerprint density at radius 2 is 1.91 bits per heavy atom. The van der Waals surface area contributed by atoms with Gasteiger partial charge < -0.3 is 20.5 Å². The largest absolute Gasteiger partial charge is 0.482 e. The van der Waals surface area contributed by atoms with Gasteiger partial charge >= 0.3 is 5.97 Å². The highest BCUT2D eigenvalue weighted by molar-refractivity contribution is 5.85. The second kappa shape index (κ2) is 11.8. The summed E-state index contributed by atoms with van der Waals surface area (Å²) in [7, 11) is 0. The van der Waals surface area contributed by atoms with Gasteiger partial charge in [-0.2, -0.15) is 0 Å². The molecule has 0 aliphatic carbocycles. The van der Waals surface area contributed by atoms with Crippen LogP contribution in [-0.4, -0.2) is 38.2 Å². The Labute approximate surface area is 136 Å². The lowest BCUT2D eigenvalue weighted by Crippen LogP contribution is -2.27. The SMILES string of the molecule is CCOC(=O)COc1ccc(CCNC(=O)CCN)cc1.Cl.